The summed E-state index contributed by atoms with van der Waals surface area (Å²) in [6.07, 6.45) is -0.850. The molecule has 0 heterocycles. The Morgan fingerprint density at radius 2 is 2.28 bits per heavy atom. The van der Waals surface area contributed by atoms with E-state index in [1.165, 1.54) is 7.11 Å². The number of aliphatic hydroxyl groups excluding tert-OH is 2. The fraction of sp³-hybridized carbons (Fsp3) is 0.417. The number of methoxy groups -OCH3 is 1. The molecule has 5 nitrogen and oxygen atoms in total. The molecule has 0 spiro atoms. The van der Waals surface area contributed by atoms with E-state index in [-0.39, 0.29) is 25.5 Å². The molecule has 0 saturated heterocycles. The topological polar surface area (TPSA) is 78.8 Å². The summed E-state index contributed by atoms with van der Waals surface area (Å²) < 4.78 is 5.12. The van der Waals surface area contributed by atoms with Crippen molar-refractivity contribution in [3.8, 4) is 5.75 Å². The maximum Gasteiger partial charge on any atom is 0.224 e. The van der Waals surface area contributed by atoms with Crippen LogP contribution in [0, 0.1) is 0 Å². The van der Waals surface area contributed by atoms with Crippen molar-refractivity contribution in [3.63, 3.8) is 0 Å². The van der Waals surface area contributed by atoms with Crippen LogP contribution < -0.4 is 10.1 Å². The molecule has 1 rings (SSSR count). The molecule has 1 aromatic rings. The summed E-state index contributed by atoms with van der Waals surface area (Å²) in [6.45, 7) is -0.376. The highest BCUT2D eigenvalue weighted by Crippen LogP contribution is 2.22. The first-order chi connectivity index (χ1) is 8.56. The molecule has 1 aromatic carbocycles. The van der Waals surface area contributed by atoms with Crippen molar-refractivity contribution in [2.75, 3.05) is 20.3 Å². The molecule has 0 bridgehead atoms. The molecule has 0 aromatic heterocycles. The Kier molecular flexibility index (Phi) is 5.91. The number of rotatable bonds is 6. The van der Waals surface area contributed by atoms with Gasteiger partial charge in [0.1, 0.15) is 5.75 Å². The van der Waals surface area contributed by atoms with Gasteiger partial charge in [-0.2, -0.15) is 0 Å². The lowest BCUT2D eigenvalue weighted by atomic mass is 10.1. The predicted molar refractivity (Wildman–Crippen MR) is 67.8 cm³/mol. The van der Waals surface area contributed by atoms with Crippen LogP contribution in [0.3, 0.4) is 0 Å². The molecule has 0 radical (unpaired) electrons. The van der Waals surface area contributed by atoms with E-state index >= 15 is 0 Å². The Morgan fingerprint density at radius 3 is 2.89 bits per heavy atom. The predicted octanol–water partition coefficient (Wildman–Crippen LogP) is 0.360. The van der Waals surface area contributed by atoms with Gasteiger partial charge in [-0.25, -0.2) is 0 Å². The Morgan fingerprint density at radius 1 is 1.56 bits per heavy atom. The molecular weight excluding hydrogens is 258 g/mol. The first-order valence-corrected chi connectivity index (χ1v) is 5.82. The van der Waals surface area contributed by atoms with E-state index in [4.69, 9.17) is 26.6 Å². The molecular formula is C12H16ClNO4. The number of ether oxygens (including phenoxy) is 1. The minimum absolute atomic E-state index is 0.0121. The van der Waals surface area contributed by atoms with Crippen molar-refractivity contribution < 1.29 is 19.7 Å². The monoisotopic (exact) mass is 273 g/mol. The zero-order valence-electron chi connectivity index (χ0n) is 10.0. The second-order valence-electron chi connectivity index (χ2n) is 3.77. The van der Waals surface area contributed by atoms with Crippen LogP contribution in [-0.4, -0.2) is 42.5 Å². The largest absolute Gasteiger partial charge is 0.496 e. The number of amides is 1. The lowest BCUT2D eigenvalue weighted by molar-refractivity contribution is -0.121. The van der Waals surface area contributed by atoms with E-state index in [0.717, 1.165) is 0 Å². The molecule has 0 aliphatic rings. The average Bonchev–Trinajstić information content (AvgIpc) is 2.36. The second kappa shape index (κ2) is 7.20. The molecule has 1 unspecified atom stereocenters. The Hall–Kier alpha value is -1.30. The zero-order valence-corrected chi connectivity index (χ0v) is 10.8. The first-order valence-electron chi connectivity index (χ1n) is 5.45. The van der Waals surface area contributed by atoms with E-state index < -0.39 is 6.10 Å². The minimum Gasteiger partial charge on any atom is -0.496 e. The number of benzene rings is 1. The van der Waals surface area contributed by atoms with Crippen LogP contribution in [0.4, 0.5) is 0 Å². The normalized spacial score (nSPS) is 12.0. The quantitative estimate of drug-likeness (QED) is 0.699. The number of carbonyl (C=O) groups is 1. The Balaban J connectivity index is 2.61. The Bertz CT molecular complexity index is 411. The van der Waals surface area contributed by atoms with Crippen LogP contribution in [0.15, 0.2) is 18.2 Å². The highest BCUT2D eigenvalue weighted by Gasteiger charge is 2.10. The van der Waals surface area contributed by atoms with Crippen molar-refractivity contribution in [3.05, 3.63) is 28.8 Å². The number of halogens is 1. The summed E-state index contributed by atoms with van der Waals surface area (Å²) in [4.78, 5) is 11.6. The Labute approximate surface area is 110 Å². The van der Waals surface area contributed by atoms with Gasteiger partial charge < -0.3 is 20.3 Å². The molecule has 0 saturated carbocycles. The molecule has 1 amide bonds. The summed E-state index contributed by atoms with van der Waals surface area (Å²) in [6, 6.07) is 5.02. The van der Waals surface area contributed by atoms with Gasteiger partial charge >= 0.3 is 0 Å². The van der Waals surface area contributed by atoms with Crippen molar-refractivity contribution in [2.24, 2.45) is 0 Å². The first kappa shape index (κ1) is 14.8. The summed E-state index contributed by atoms with van der Waals surface area (Å²) in [5, 5.41) is 20.8. The van der Waals surface area contributed by atoms with E-state index in [2.05, 4.69) is 5.32 Å². The van der Waals surface area contributed by atoms with Gasteiger partial charge in [0.15, 0.2) is 0 Å². The standard InChI is InChI=1S/C12H16ClNO4/c1-18-11-3-2-9(13)4-8(11)5-12(17)14-6-10(16)7-15/h2-4,10,15-16H,5-7H2,1H3,(H,14,17). The highest BCUT2D eigenvalue weighted by molar-refractivity contribution is 6.30. The maximum atomic E-state index is 11.6. The molecule has 6 heteroatoms. The smallest absolute Gasteiger partial charge is 0.224 e. The number of nitrogens with one attached hydrogen (secondary N) is 1. The van der Waals surface area contributed by atoms with E-state index in [1.54, 1.807) is 18.2 Å². The third kappa shape index (κ3) is 4.52. The van der Waals surface area contributed by atoms with Gasteiger partial charge in [-0.1, -0.05) is 11.6 Å². The van der Waals surface area contributed by atoms with Crippen LogP contribution in [-0.2, 0) is 11.2 Å². The number of hydrogen-bond donors (Lipinski definition) is 3. The lowest BCUT2D eigenvalue weighted by Crippen LogP contribution is -2.34. The van der Waals surface area contributed by atoms with Crippen LogP contribution in [0.5, 0.6) is 5.75 Å². The molecule has 1 atom stereocenters. The van der Waals surface area contributed by atoms with Crippen molar-refractivity contribution >= 4 is 17.5 Å². The minimum atomic E-state index is -0.949. The summed E-state index contributed by atoms with van der Waals surface area (Å²) in [5.41, 5.74) is 0.668. The maximum absolute atomic E-state index is 11.6. The highest BCUT2D eigenvalue weighted by atomic mass is 35.5. The van der Waals surface area contributed by atoms with Gasteiger partial charge in [0.05, 0.1) is 26.2 Å². The molecule has 0 fully saturated rings. The van der Waals surface area contributed by atoms with E-state index in [9.17, 15) is 4.79 Å². The number of carbonyl (C=O) groups excluding carboxylic acids is 1. The van der Waals surface area contributed by atoms with Crippen LogP contribution >= 0.6 is 11.6 Å². The summed E-state index contributed by atoms with van der Waals surface area (Å²) in [7, 11) is 1.51. The summed E-state index contributed by atoms with van der Waals surface area (Å²) >= 11 is 5.85. The van der Waals surface area contributed by atoms with Crippen LogP contribution in [0.2, 0.25) is 5.02 Å². The van der Waals surface area contributed by atoms with Crippen molar-refractivity contribution in [1.29, 1.82) is 0 Å². The van der Waals surface area contributed by atoms with Crippen LogP contribution in [0.25, 0.3) is 0 Å². The fourth-order valence-corrected chi connectivity index (χ4v) is 1.61. The molecule has 3 N–H and O–H groups in total. The lowest BCUT2D eigenvalue weighted by Gasteiger charge is -2.11. The molecule has 0 aliphatic carbocycles. The van der Waals surface area contributed by atoms with Gasteiger partial charge in [0, 0.05) is 17.1 Å². The zero-order chi connectivity index (χ0) is 13.5. The van der Waals surface area contributed by atoms with Gasteiger partial charge in [-0.15, -0.1) is 0 Å². The van der Waals surface area contributed by atoms with Gasteiger partial charge in [-0.3, -0.25) is 4.79 Å². The van der Waals surface area contributed by atoms with Gasteiger partial charge in [-0.05, 0) is 18.2 Å². The second-order valence-corrected chi connectivity index (χ2v) is 4.21. The van der Waals surface area contributed by atoms with Crippen molar-refractivity contribution in [1.82, 2.24) is 5.32 Å². The van der Waals surface area contributed by atoms with Crippen LogP contribution in [0.1, 0.15) is 5.56 Å². The molecule has 100 valence electrons. The molecule has 0 aliphatic heterocycles. The fourth-order valence-electron chi connectivity index (χ4n) is 1.42. The number of hydrogen-bond acceptors (Lipinski definition) is 4. The average molecular weight is 274 g/mol. The van der Waals surface area contributed by atoms with Gasteiger partial charge in [0.2, 0.25) is 5.91 Å². The number of aliphatic hydroxyl groups is 2. The third-order valence-corrected chi connectivity index (χ3v) is 2.57. The summed E-state index contributed by atoms with van der Waals surface area (Å²) in [5.74, 6) is 0.306. The van der Waals surface area contributed by atoms with Crippen molar-refractivity contribution in [2.45, 2.75) is 12.5 Å². The van der Waals surface area contributed by atoms with E-state index in [1.807, 2.05) is 0 Å². The van der Waals surface area contributed by atoms with Gasteiger partial charge in [0.25, 0.3) is 0 Å². The third-order valence-electron chi connectivity index (χ3n) is 2.34. The van der Waals surface area contributed by atoms with E-state index in [0.29, 0.717) is 16.3 Å². The SMILES string of the molecule is COc1ccc(Cl)cc1CC(=O)NCC(O)CO. The molecule has 18 heavy (non-hydrogen) atoms.